The largest absolute Gasteiger partial charge is 0.490 e. The summed E-state index contributed by atoms with van der Waals surface area (Å²) >= 11 is 7.63. The van der Waals surface area contributed by atoms with Gasteiger partial charge in [0.05, 0.1) is 18.1 Å². The lowest BCUT2D eigenvalue weighted by Gasteiger charge is -2.31. The molecule has 336 valence electrons. The fraction of sp³-hybridized carbons (Fsp3) is 0.324. The average Bonchev–Trinajstić information content (AvgIpc) is 3.61. The molecular formula is C34H31ClF9N9O8S. The van der Waals surface area contributed by atoms with Crippen LogP contribution in [-0.2, 0) is 32.0 Å². The van der Waals surface area contributed by atoms with E-state index in [9.17, 15) is 49.1 Å². The van der Waals surface area contributed by atoms with E-state index in [4.69, 9.17) is 47.0 Å². The van der Waals surface area contributed by atoms with Crippen LogP contribution in [-0.4, -0.2) is 101 Å². The Bertz CT molecular complexity index is 2180. The molecule has 4 aromatic rings. The highest BCUT2D eigenvalue weighted by molar-refractivity contribution is 7.13. The van der Waals surface area contributed by atoms with Gasteiger partial charge in [-0.1, -0.05) is 11.6 Å². The lowest BCUT2D eigenvalue weighted by atomic mass is 9.93. The summed E-state index contributed by atoms with van der Waals surface area (Å²) in [6.45, 7) is 1.18. The van der Waals surface area contributed by atoms with Crippen molar-refractivity contribution in [3.05, 3.63) is 70.1 Å². The van der Waals surface area contributed by atoms with Crippen molar-refractivity contribution in [1.29, 1.82) is 0 Å². The molecule has 0 saturated carbocycles. The summed E-state index contributed by atoms with van der Waals surface area (Å²) in [5, 5.41) is 33.4. The summed E-state index contributed by atoms with van der Waals surface area (Å²) < 4.78 is 95.2. The van der Waals surface area contributed by atoms with Gasteiger partial charge < -0.3 is 41.9 Å². The number of anilines is 6. The fourth-order valence-electron chi connectivity index (χ4n) is 5.10. The number of carbonyl (C=O) groups is 5. The van der Waals surface area contributed by atoms with Crippen LogP contribution in [0.15, 0.2) is 48.2 Å². The van der Waals surface area contributed by atoms with Crippen molar-refractivity contribution < 1.29 is 78.8 Å². The lowest BCUT2D eigenvalue weighted by molar-refractivity contribution is -0.193. The zero-order chi connectivity index (χ0) is 46.6. The van der Waals surface area contributed by atoms with Gasteiger partial charge in [-0.15, -0.1) is 11.3 Å². The van der Waals surface area contributed by atoms with E-state index in [1.165, 1.54) is 11.3 Å². The Balaban J connectivity index is 0.000000403. The van der Waals surface area contributed by atoms with Gasteiger partial charge in [0.1, 0.15) is 10.7 Å². The molecule has 2 aliphatic rings. The molecule has 28 heteroatoms. The van der Waals surface area contributed by atoms with E-state index >= 15 is 0 Å². The summed E-state index contributed by atoms with van der Waals surface area (Å²) in [5.41, 5.74) is 10.4. The van der Waals surface area contributed by atoms with Gasteiger partial charge >= 0.3 is 36.4 Å². The first-order valence-corrected chi connectivity index (χ1v) is 18.3. The van der Waals surface area contributed by atoms with E-state index in [2.05, 4.69) is 35.9 Å². The summed E-state index contributed by atoms with van der Waals surface area (Å²) in [7, 11) is 0. The maximum Gasteiger partial charge on any atom is 0.490 e. The van der Waals surface area contributed by atoms with Crippen molar-refractivity contribution in [2.75, 3.05) is 34.8 Å². The van der Waals surface area contributed by atoms with Crippen LogP contribution in [0.1, 0.15) is 40.9 Å². The predicted molar refractivity (Wildman–Crippen MR) is 201 cm³/mol. The van der Waals surface area contributed by atoms with E-state index in [0.29, 0.717) is 53.5 Å². The molecule has 62 heavy (non-hydrogen) atoms. The topological polar surface area (TPSA) is 263 Å². The molecule has 0 spiro atoms. The second-order valence-electron chi connectivity index (χ2n) is 12.6. The third kappa shape index (κ3) is 16.2. The number of alkyl halides is 9. The molecule has 17 nitrogen and oxygen atoms in total. The second kappa shape index (κ2) is 21.3. The molecule has 0 radical (unpaired) electrons. The number of aliphatic carboxylic acids is 3. The summed E-state index contributed by atoms with van der Waals surface area (Å²) in [5.74, 6) is -7.35. The normalized spacial score (nSPS) is 13.7. The molecule has 5 heterocycles. The van der Waals surface area contributed by atoms with Gasteiger partial charge in [-0.25, -0.2) is 24.4 Å². The Labute approximate surface area is 351 Å². The third-order valence-electron chi connectivity index (χ3n) is 7.96. The van der Waals surface area contributed by atoms with E-state index in [1.54, 1.807) is 22.7 Å². The summed E-state index contributed by atoms with van der Waals surface area (Å²) in [4.78, 5) is 71.5. The Morgan fingerprint density at radius 2 is 1.40 bits per heavy atom. The number of nitrogens with one attached hydrogen (secondary N) is 3. The van der Waals surface area contributed by atoms with Crippen LogP contribution in [0.5, 0.6) is 0 Å². The first kappa shape index (κ1) is 49.8. The Kier molecular flexibility index (Phi) is 17.2. The number of amides is 2. The van der Waals surface area contributed by atoms with Crippen molar-refractivity contribution >= 4 is 86.6 Å². The standard InChI is InChI=1S/C28H28ClN9O2S.3C2HF3O2/c29-21-14-32-28-34-20-9-17(12-31-13-20)1-2-18-11-19(33-25(21)37-28)3-4-22(18)35-24(39)10-16-5-7-38(8-6-16)26(40)23-15-41-27(30)36-23;3*3-2(4,5)1(6)7/h3-4,9,11-16H,1-2,5-8,10H2,(H2,30,36)(H,35,39)(H2,32,33,34,37);3*(H,6,7). The fourth-order valence-corrected chi connectivity index (χ4v) is 5.78. The van der Waals surface area contributed by atoms with Crippen LogP contribution in [0.3, 0.4) is 0 Å². The Hall–Kier alpha value is -6.51. The number of carbonyl (C=O) groups excluding carboxylic acids is 2. The molecule has 0 aliphatic carbocycles. The zero-order valence-electron chi connectivity index (χ0n) is 31.0. The summed E-state index contributed by atoms with van der Waals surface area (Å²) in [6, 6.07) is 7.81. The molecule has 2 aliphatic heterocycles. The van der Waals surface area contributed by atoms with Crippen LogP contribution >= 0.6 is 22.9 Å². The number of nitrogens with two attached hydrogens (primary N) is 1. The van der Waals surface area contributed by atoms with Crippen molar-refractivity contribution in [2.24, 2.45) is 5.92 Å². The number of rotatable bonds is 4. The average molecular weight is 932 g/mol. The number of carboxylic acid groups (broad SMARTS) is 3. The smallest absolute Gasteiger partial charge is 0.475 e. The monoisotopic (exact) mass is 931 g/mol. The quantitative estimate of drug-likeness (QED) is 0.102. The van der Waals surface area contributed by atoms with Crippen molar-refractivity contribution in [3.63, 3.8) is 0 Å². The molecule has 0 unspecified atom stereocenters. The molecule has 3 aromatic heterocycles. The number of pyridine rings is 1. The van der Waals surface area contributed by atoms with E-state index in [-0.39, 0.29) is 17.7 Å². The molecule has 1 saturated heterocycles. The van der Waals surface area contributed by atoms with E-state index < -0.39 is 36.4 Å². The van der Waals surface area contributed by atoms with Gasteiger partial charge in [-0.05, 0) is 67.0 Å². The third-order valence-corrected chi connectivity index (χ3v) is 8.92. The van der Waals surface area contributed by atoms with E-state index in [1.807, 2.05) is 30.5 Å². The van der Waals surface area contributed by atoms with Crippen LogP contribution in [0.4, 0.5) is 73.5 Å². The minimum absolute atomic E-state index is 0.0433. The highest BCUT2D eigenvalue weighted by Gasteiger charge is 2.39. The molecule has 6 rings (SSSR count). The van der Waals surface area contributed by atoms with Gasteiger partial charge in [0.15, 0.2) is 10.9 Å². The number of benzene rings is 1. The predicted octanol–water partition coefficient (Wildman–Crippen LogP) is 6.93. The summed E-state index contributed by atoms with van der Waals surface area (Å²) in [6.07, 6.45) is -6.83. The first-order chi connectivity index (χ1) is 28.7. The number of hydrogen-bond acceptors (Lipinski definition) is 13. The SMILES string of the molecule is Nc1nc(C(=O)N2CCC(CC(=O)Nc3ccc4cc3CCc3cncc(c3)Nc3ncc(Cl)c(n3)N4)CC2)cs1.O=C(O)C(F)(F)F.O=C(O)C(F)(F)F.O=C(O)C(F)(F)F. The van der Waals surface area contributed by atoms with Crippen LogP contribution in [0.25, 0.3) is 0 Å². The molecule has 1 fully saturated rings. The minimum atomic E-state index is -5.08. The maximum absolute atomic E-state index is 13.1. The van der Waals surface area contributed by atoms with Gasteiger partial charge in [-0.2, -0.15) is 44.5 Å². The molecule has 1 aromatic carbocycles. The number of nitrogen functional groups attached to an aromatic ring is 1. The van der Waals surface area contributed by atoms with Crippen molar-refractivity contribution in [2.45, 2.75) is 50.6 Å². The van der Waals surface area contributed by atoms with Gasteiger partial charge in [0, 0.05) is 42.5 Å². The van der Waals surface area contributed by atoms with Gasteiger partial charge in [0.25, 0.3) is 5.91 Å². The molecule has 8 N–H and O–H groups in total. The lowest BCUT2D eigenvalue weighted by Crippen LogP contribution is -2.39. The van der Waals surface area contributed by atoms with Crippen LogP contribution in [0.2, 0.25) is 5.02 Å². The molecular weight excluding hydrogens is 901 g/mol. The van der Waals surface area contributed by atoms with Crippen molar-refractivity contribution in [3.8, 4) is 0 Å². The number of carboxylic acids is 3. The minimum Gasteiger partial charge on any atom is -0.475 e. The highest BCUT2D eigenvalue weighted by Crippen LogP contribution is 2.30. The first-order valence-electron chi connectivity index (χ1n) is 17.1. The number of likely N-dealkylation sites (tertiary alicyclic amines) is 1. The Morgan fingerprint density at radius 3 is 1.94 bits per heavy atom. The van der Waals surface area contributed by atoms with Gasteiger partial charge in [-0.3, -0.25) is 14.6 Å². The number of piperidine rings is 1. The second-order valence-corrected chi connectivity index (χ2v) is 13.9. The maximum atomic E-state index is 13.1. The number of thiazole rings is 1. The molecule has 0 atom stereocenters. The van der Waals surface area contributed by atoms with Crippen LogP contribution < -0.4 is 21.7 Å². The number of aromatic nitrogens is 4. The number of halogens is 10. The molecule has 6 bridgehead atoms. The molecule has 2 amide bonds. The number of hydrogen-bond donors (Lipinski definition) is 7. The van der Waals surface area contributed by atoms with Gasteiger partial charge in [0.2, 0.25) is 11.9 Å². The Morgan fingerprint density at radius 1 is 0.823 bits per heavy atom. The van der Waals surface area contributed by atoms with E-state index in [0.717, 1.165) is 47.5 Å². The van der Waals surface area contributed by atoms with Crippen LogP contribution in [0, 0.1) is 5.92 Å². The van der Waals surface area contributed by atoms with Crippen molar-refractivity contribution in [1.82, 2.24) is 24.8 Å². The number of fused-ring (bicyclic) bond motifs is 6. The highest BCUT2D eigenvalue weighted by atomic mass is 35.5. The zero-order valence-corrected chi connectivity index (χ0v) is 32.6. The number of aryl methyl sites for hydroxylation is 2. The number of nitrogens with zero attached hydrogens (tertiary/aromatic N) is 5.